The highest BCUT2D eigenvalue weighted by Crippen LogP contribution is 2.19. The Hall–Kier alpha value is -1.36. The Morgan fingerprint density at radius 1 is 0.655 bits per heavy atom. The minimum Gasteiger partial charge on any atom is -0.380 e. The second kappa shape index (κ2) is 15.5. The molecule has 1 aromatic carbocycles. The molecule has 0 radical (unpaired) electrons. The second-order valence-corrected chi connectivity index (χ2v) is 8.78. The van der Waals surface area contributed by atoms with Crippen molar-refractivity contribution in [2.75, 3.05) is 51.0 Å². The van der Waals surface area contributed by atoms with Crippen LogP contribution in [-0.2, 0) is 0 Å². The number of nitrogens with zero attached hydrogens (tertiary/aromatic N) is 2. The molecule has 0 bridgehead atoms. The summed E-state index contributed by atoms with van der Waals surface area (Å²) in [4.78, 5) is 27.7. The summed E-state index contributed by atoms with van der Waals surface area (Å²) in [5.41, 5.74) is 0.382. The van der Waals surface area contributed by atoms with Crippen LogP contribution < -0.4 is 21.1 Å². The van der Waals surface area contributed by atoms with E-state index < -0.39 is 0 Å². The van der Waals surface area contributed by atoms with Crippen LogP contribution in [0.2, 0.25) is 0 Å². The van der Waals surface area contributed by atoms with Gasteiger partial charge in [-0.05, 0) is 20.5 Å². The van der Waals surface area contributed by atoms with Crippen molar-refractivity contribution in [2.24, 2.45) is 0 Å². The van der Waals surface area contributed by atoms with E-state index in [-0.39, 0.29) is 10.9 Å². The molecule has 5 nitrogen and oxygen atoms in total. The van der Waals surface area contributed by atoms with Gasteiger partial charge in [-0.3, -0.25) is 9.59 Å². The number of anilines is 2. The van der Waals surface area contributed by atoms with Gasteiger partial charge in [-0.2, -0.15) is 0 Å². The van der Waals surface area contributed by atoms with E-state index in [0.29, 0.717) is 11.4 Å². The molecule has 29 heavy (non-hydrogen) atoms. The van der Waals surface area contributed by atoms with Crippen LogP contribution in [0.15, 0.2) is 9.59 Å². The van der Waals surface area contributed by atoms with Crippen LogP contribution in [0.1, 0.15) is 90.4 Å². The molecule has 168 valence electrons. The van der Waals surface area contributed by atoms with Gasteiger partial charge in [0.05, 0.1) is 0 Å². The topological polar surface area (TPSA) is 52.6 Å². The molecular formula is C24H45N3O2. The zero-order valence-electron chi connectivity index (χ0n) is 19.5. The van der Waals surface area contributed by atoms with Crippen molar-refractivity contribution < 1.29 is 0 Å². The molecule has 0 aromatic heterocycles. The number of hydrogen-bond acceptors (Lipinski definition) is 5. The van der Waals surface area contributed by atoms with Crippen LogP contribution in [0.5, 0.6) is 0 Å². The molecule has 0 amide bonds. The third-order valence-corrected chi connectivity index (χ3v) is 5.73. The summed E-state index contributed by atoms with van der Waals surface area (Å²) in [6.45, 7) is 4.64. The number of nitrogens with one attached hydrogen (secondary N) is 1. The van der Waals surface area contributed by atoms with Gasteiger partial charge in [-0.25, -0.2) is 0 Å². The Bertz CT molecular complexity index is 605. The summed E-state index contributed by atoms with van der Waals surface area (Å²) in [7, 11) is 5.89. The maximum atomic E-state index is 11.9. The molecule has 0 fully saturated rings. The van der Waals surface area contributed by atoms with Crippen LogP contribution in [0.25, 0.3) is 0 Å². The van der Waals surface area contributed by atoms with E-state index in [4.69, 9.17) is 0 Å². The quantitative estimate of drug-likeness (QED) is 0.264. The molecular weight excluding hydrogens is 362 g/mol. The van der Waals surface area contributed by atoms with E-state index in [2.05, 4.69) is 17.1 Å². The molecule has 0 unspecified atom stereocenters. The Morgan fingerprint density at radius 2 is 1.14 bits per heavy atom. The monoisotopic (exact) mass is 407 g/mol. The molecule has 0 atom stereocenters. The van der Waals surface area contributed by atoms with Gasteiger partial charge in [-0.15, -0.1) is 0 Å². The SMILES string of the molecule is CCCCCCCCCCCCCCCNc1c(N(C)CCN(C)C)c(=O)c1=O. The highest BCUT2D eigenvalue weighted by Gasteiger charge is 2.23. The minimum atomic E-state index is -0.355. The zero-order valence-corrected chi connectivity index (χ0v) is 19.5. The van der Waals surface area contributed by atoms with Crippen molar-refractivity contribution >= 4 is 11.4 Å². The molecule has 0 heterocycles. The molecule has 1 rings (SSSR count). The van der Waals surface area contributed by atoms with Crippen LogP contribution in [0.4, 0.5) is 11.4 Å². The van der Waals surface area contributed by atoms with E-state index in [1.165, 1.54) is 77.0 Å². The summed E-state index contributed by atoms with van der Waals surface area (Å²) in [6, 6.07) is 0. The normalized spacial score (nSPS) is 11.5. The summed E-state index contributed by atoms with van der Waals surface area (Å²) in [6.07, 6.45) is 17.3. The highest BCUT2D eigenvalue weighted by molar-refractivity contribution is 5.74. The molecule has 0 saturated carbocycles. The number of hydrogen-bond donors (Lipinski definition) is 1. The standard InChI is InChI=1S/C24H45N3O2/c1-5-6-7-8-9-10-11-12-13-14-15-16-17-18-25-21-22(24(29)23(21)28)27(4)20-19-26(2)3/h25H,5-20H2,1-4H3. The molecule has 0 spiro atoms. The average molecular weight is 408 g/mol. The van der Waals surface area contributed by atoms with Gasteiger partial charge in [0.15, 0.2) is 0 Å². The first-order valence-corrected chi connectivity index (χ1v) is 11.9. The zero-order chi connectivity index (χ0) is 21.5. The van der Waals surface area contributed by atoms with Crippen LogP contribution in [0.3, 0.4) is 0 Å². The third-order valence-electron chi connectivity index (χ3n) is 5.73. The van der Waals surface area contributed by atoms with Gasteiger partial charge in [-0.1, -0.05) is 84.0 Å². The van der Waals surface area contributed by atoms with Gasteiger partial charge < -0.3 is 15.1 Å². The molecule has 1 N–H and O–H groups in total. The predicted molar refractivity (Wildman–Crippen MR) is 127 cm³/mol. The van der Waals surface area contributed by atoms with Gasteiger partial charge in [0.25, 0.3) is 10.9 Å². The molecule has 0 aliphatic rings. The summed E-state index contributed by atoms with van der Waals surface area (Å²) in [5, 5.41) is 3.21. The lowest BCUT2D eigenvalue weighted by atomic mass is 10.0. The Labute approximate surface area is 178 Å². The number of likely N-dealkylation sites (N-methyl/N-ethyl adjacent to an activating group) is 2. The van der Waals surface area contributed by atoms with Crippen LogP contribution in [0, 0.1) is 0 Å². The number of unbranched alkanes of at least 4 members (excludes halogenated alkanes) is 12. The van der Waals surface area contributed by atoms with Crippen molar-refractivity contribution in [1.82, 2.24) is 4.90 Å². The fourth-order valence-corrected chi connectivity index (χ4v) is 3.73. The Kier molecular flexibility index (Phi) is 13.7. The molecule has 0 saturated heterocycles. The fraction of sp³-hybridized carbons (Fsp3) is 0.833. The first kappa shape index (κ1) is 25.7. The smallest absolute Gasteiger partial charge is 0.253 e. The molecule has 5 heteroatoms. The minimum absolute atomic E-state index is 0.348. The van der Waals surface area contributed by atoms with E-state index >= 15 is 0 Å². The van der Waals surface area contributed by atoms with Crippen molar-refractivity contribution in [3.8, 4) is 0 Å². The van der Waals surface area contributed by atoms with Crippen molar-refractivity contribution in [3.63, 3.8) is 0 Å². The van der Waals surface area contributed by atoms with Crippen molar-refractivity contribution in [3.05, 3.63) is 20.4 Å². The lowest BCUT2D eigenvalue weighted by Crippen LogP contribution is -2.43. The van der Waals surface area contributed by atoms with Gasteiger partial charge >= 0.3 is 0 Å². The fourth-order valence-electron chi connectivity index (χ4n) is 3.73. The summed E-state index contributed by atoms with van der Waals surface area (Å²) < 4.78 is 0. The highest BCUT2D eigenvalue weighted by atomic mass is 16.2. The maximum absolute atomic E-state index is 11.9. The van der Waals surface area contributed by atoms with E-state index in [0.717, 1.165) is 26.1 Å². The maximum Gasteiger partial charge on any atom is 0.253 e. The lowest BCUT2D eigenvalue weighted by molar-refractivity contribution is 0.416. The average Bonchev–Trinajstić information content (AvgIpc) is 2.70. The first-order valence-electron chi connectivity index (χ1n) is 11.9. The summed E-state index contributed by atoms with van der Waals surface area (Å²) in [5.74, 6) is 0. The Balaban J connectivity index is 2.05. The lowest BCUT2D eigenvalue weighted by Gasteiger charge is -2.25. The van der Waals surface area contributed by atoms with Gasteiger partial charge in [0.2, 0.25) is 0 Å². The van der Waals surface area contributed by atoms with Crippen LogP contribution in [-0.4, -0.2) is 45.7 Å². The van der Waals surface area contributed by atoms with E-state index in [1.54, 1.807) is 0 Å². The van der Waals surface area contributed by atoms with E-state index in [1.807, 2.05) is 26.0 Å². The second-order valence-electron chi connectivity index (χ2n) is 8.78. The van der Waals surface area contributed by atoms with Crippen molar-refractivity contribution in [2.45, 2.75) is 90.4 Å². The largest absolute Gasteiger partial charge is 0.380 e. The van der Waals surface area contributed by atoms with Crippen molar-refractivity contribution in [1.29, 1.82) is 0 Å². The molecule has 1 aromatic rings. The van der Waals surface area contributed by atoms with Crippen LogP contribution >= 0.6 is 0 Å². The molecule has 0 aliphatic heterocycles. The summed E-state index contributed by atoms with van der Waals surface area (Å²) >= 11 is 0. The molecule has 0 aliphatic carbocycles. The number of rotatable bonds is 19. The predicted octanol–water partition coefficient (Wildman–Crippen LogP) is 4.78. The van der Waals surface area contributed by atoms with Gasteiger partial charge in [0, 0.05) is 26.7 Å². The Morgan fingerprint density at radius 3 is 1.62 bits per heavy atom. The third kappa shape index (κ3) is 10.3. The first-order chi connectivity index (χ1) is 14.0. The van der Waals surface area contributed by atoms with E-state index in [9.17, 15) is 9.59 Å². The van der Waals surface area contributed by atoms with Gasteiger partial charge in [0.1, 0.15) is 11.4 Å².